The van der Waals surface area contributed by atoms with Crippen molar-refractivity contribution in [3.63, 3.8) is 0 Å². The number of carbonyl (C=O) groups is 3. The van der Waals surface area contributed by atoms with E-state index in [9.17, 15) is 14.4 Å². The van der Waals surface area contributed by atoms with E-state index in [4.69, 9.17) is 4.74 Å². The molecule has 3 amide bonds. The van der Waals surface area contributed by atoms with Gasteiger partial charge < -0.3 is 14.5 Å². The van der Waals surface area contributed by atoms with E-state index in [1.807, 2.05) is 43.3 Å². The molecule has 2 aromatic carbocycles. The number of anilines is 1. The van der Waals surface area contributed by atoms with Crippen molar-refractivity contribution in [2.24, 2.45) is 11.8 Å². The first-order valence-electron chi connectivity index (χ1n) is 14.3. The molecule has 3 aromatic rings. The molecule has 10 heteroatoms. The number of benzene rings is 2. The Morgan fingerprint density at radius 3 is 2.33 bits per heavy atom. The Kier molecular flexibility index (Phi) is 10.7. The fourth-order valence-corrected chi connectivity index (χ4v) is 6.63. The van der Waals surface area contributed by atoms with Crippen molar-refractivity contribution < 1.29 is 19.1 Å². The third kappa shape index (κ3) is 7.92. The first kappa shape index (κ1) is 31.6. The van der Waals surface area contributed by atoms with E-state index < -0.39 is 0 Å². The van der Waals surface area contributed by atoms with Crippen LogP contribution in [0, 0.1) is 18.8 Å². The Hall–Kier alpha value is -3.37. The molecule has 0 spiro atoms. The number of hydrogen-bond donors (Lipinski definition) is 1. The first-order chi connectivity index (χ1) is 20.0. The molecule has 1 aliphatic rings. The third-order valence-electron chi connectivity index (χ3n) is 7.90. The quantitative estimate of drug-likeness (QED) is 0.287. The van der Waals surface area contributed by atoms with Gasteiger partial charge in [0.2, 0.25) is 5.91 Å². The van der Waals surface area contributed by atoms with Crippen molar-refractivity contribution in [2.45, 2.75) is 56.6 Å². The van der Waals surface area contributed by atoms with Gasteiger partial charge in [0.25, 0.3) is 11.8 Å². The Balaban J connectivity index is 1.40. The maximum atomic E-state index is 13.4. The number of piperazine rings is 1. The lowest BCUT2D eigenvalue weighted by Crippen LogP contribution is -2.50. The van der Waals surface area contributed by atoms with Gasteiger partial charge in [0, 0.05) is 43.6 Å². The Morgan fingerprint density at radius 2 is 1.71 bits per heavy atom. The third-order valence-corrected chi connectivity index (χ3v) is 10.1. The minimum absolute atomic E-state index is 0.0222. The summed E-state index contributed by atoms with van der Waals surface area (Å²) in [6.45, 7) is 12.3. The molecule has 2 heterocycles. The molecule has 224 valence electrons. The summed E-state index contributed by atoms with van der Waals surface area (Å²) in [6.07, 6.45) is 3.86. The monoisotopic (exact) mass is 608 g/mol. The summed E-state index contributed by atoms with van der Waals surface area (Å²) in [6, 6.07) is 11.5. The molecule has 1 saturated heterocycles. The van der Waals surface area contributed by atoms with Crippen LogP contribution in [0.4, 0.5) is 5.13 Å². The number of hydrogen-bond acceptors (Lipinski definition) is 7. The van der Waals surface area contributed by atoms with Crippen LogP contribution in [0.25, 0.3) is 0 Å². The second-order valence-electron chi connectivity index (χ2n) is 11.1. The largest absolute Gasteiger partial charge is 0.496 e. The number of ether oxygens (including phenoxy) is 1. The van der Waals surface area contributed by atoms with Gasteiger partial charge >= 0.3 is 0 Å². The highest BCUT2D eigenvalue weighted by molar-refractivity contribution is 8.01. The van der Waals surface area contributed by atoms with Gasteiger partial charge in [-0.05, 0) is 67.0 Å². The molecule has 1 N–H and O–H groups in total. The van der Waals surface area contributed by atoms with Crippen LogP contribution in [0.2, 0.25) is 0 Å². The number of carbonyl (C=O) groups excluding carboxylic acids is 3. The first-order valence-corrected chi connectivity index (χ1v) is 16.0. The number of aryl methyl sites for hydroxylation is 2. The molecule has 1 fully saturated rings. The number of nitrogens with one attached hydrogen (secondary N) is 1. The van der Waals surface area contributed by atoms with Gasteiger partial charge in [0.15, 0.2) is 5.13 Å². The van der Waals surface area contributed by atoms with E-state index >= 15 is 0 Å². The Morgan fingerprint density at radius 1 is 1.05 bits per heavy atom. The lowest BCUT2D eigenvalue weighted by atomic mass is 9.91. The van der Waals surface area contributed by atoms with Crippen LogP contribution in [-0.4, -0.2) is 65.8 Å². The molecule has 42 heavy (non-hydrogen) atoms. The smallest absolute Gasteiger partial charge is 0.257 e. The molecule has 0 aliphatic carbocycles. The van der Waals surface area contributed by atoms with E-state index in [2.05, 4.69) is 31.1 Å². The SMILES string of the molecule is COc1cc(C)c(Sc2cnc(NC(=O)c3ccc(CCC(C)C(C)C)cc3)s2)cc1C(=O)N1CCN(C(C)=O)CC1. The predicted molar refractivity (Wildman–Crippen MR) is 169 cm³/mol. The fourth-order valence-electron chi connectivity index (χ4n) is 4.69. The Labute approximate surface area is 256 Å². The van der Waals surface area contributed by atoms with Crippen LogP contribution in [0.15, 0.2) is 51.7 Å². The second-order valence-corrected chi connectivity index (χ2v) is 13.5. The highest BCUT2D eigenvalue weighted by atomic mass is 32.2. The summed E-state index contributed by atoms with van der Waals surface area (Å²) in [5.74, 6) is 1.56. The lowest BCUT2D eigenvalue weighted by molar-refractivity contribution is -0.130. The minimum atomic E-state index is -0.193. The maximum Gasteiger partial charge on any atom is 0.257 e. The molecule has 1 aliphatic heterocycles. The van der Waals surface area contributed by atoms with Crippen molar-refractivity contribution >= 4 is 46.0 Å². The number of thiazole rings is 1. The lowest BCUT2D eigenvalue weighted by Gasteiger charge is -2.34. The predicted octanol–water partition coefficient (Wildman–Crippen LogP) is 6.39. The minimum Gasteiger partial charge on any atom is -0.496 e. The molecule has 0 saturated carbocycles. The zero-order chi connectivity index (χ0) is 30.4. The molecular weight excluding hydrogens is 569 g/mol. The van der Waals surface area contributed by atoms with Crippen LogP contribution in [0.5, 0.6) is 5.75 Å². The average Bonchev–Trinajstić information content (AvgIpc) is 3.42. The van der Waals surface area contributed by atoms with Crippen LogP contribution in [-0.2, 0) is 11.2 Å². The number of amides is 3. The average molecular weight is 609 g/mol. The van der Waals surface area contributed by atoms with E-state index in [-0.39, 0.29) is 17.7 Å². The van der Waals surface area contributed by atoms with Crippen molar-refractivity contribution in [1.82, 2.24) is 14.8 Å². The van der Waals surface area contributed by atoms with Crippen LogP contribution in [0.3, 0.4) is 0 Å². The highest BCUT2D eigenvalue weighted by Crippen LogP contribution is 2.38. The van der Waals surface area contributed by atoms with Crippen molar-refractivity contribution in [2.75, 3.05) is 38.6 Å². The van der Waals surface area contributed by atoms with Crippen molar-refractivity contribution in [3.05, 3.63) is 64.8 Å². The van der Waals surface area contributed by atoms with Crippen LogP contribution >= 0.6 is 23.1 Å². The fraction of sp³-hybridized carbons (Fsp3) is 0.438. The number of rotatable bonds is 10. The van der Waals surface area contributed by atoms with Gasteiger partial charge in [-0.2, -0.15) is 0 Å². The summed E-state index contributed by atoms with van der Waals surface area (Å²) in [5, 5.41) is 3.43. The molecule has 1 atom stereocenters. The van der Waals surface area contributed by atoms with Crippen LogP contribution < -0.4 is 10.1 Å². The van der Waals surface area contributed by atoms with Gasteiger partial charge in [-0.3, -0.25) is 19.7 Å². The number of methoxy groups -OCH3 is 1. The van der Waals surface area contributed by atoms with E-state index in [0.29, 0.717) is 60.0 Å². The highest BCUT2D eigenvalue weighted by Gasteiger charge is 2.26. The molecular formula is C32H40N4O4S2. The zero-order valence-corrected chi connectivity index (χ0v) is 26.9. The van der Waals surface area contributed by atoms with E-state index in [0.717, 1.165) is 27.5 Å². The summed E-state index contributed by atoms with van der Waals surface area (Å²) >= 11 is 2.88. The van der Waals surface area contributed by atoms with Crippen molar-refractivity contribution in [1.29, 1.82) is 0 Å². The van der Waals surface area contributed by atoms with Crippen LogP contribution in [0.1, 0.15) is 66.0 Å². The summed E-state index contributed by atoms with van der Waals surface area (Å²) in [7, 11) is 1.56. The van der Waals surface area contributed by atoms with E-state index in [1.165, 1.54) is 28.7 Å². The van der Waals surface area contributed by atoms with Gasteiger partial charge in [-0.25, -0.2) is 4.98 Å². The molecule has 1 aromatic heterocycles. The number of nitrogens with zero attached hydrogens (tertiary/aromatic N) is 3. The van der Waals surface area contributed by atoms with Crippen molar-refractivity contribution in [3.8, 4) is 5.75 Å². The molecule has 0 radical (unpaired) electrons. The topological polar surface area (TPSA) is 91.8 Å². The maximum absolute atomic E-state index is 13.4. The standard InChI is InChI=1S/C32H40N4O4S2/c1-20(2)21(3)7-8-24-9-11-25(12-10-24)30(38)34-32-33-19-29(42-32)41-28-18-26(27(40-6)17-22(28)4)31(39)36-15-13-35(14-16-36)23(5)37/h9-12,17-21H,7-8,13-16H2,1-6H3,(H,33,34,38). The van der Waals surface area contributed by atoms with Gasteiger partial charge in [0.05, 0.1) is 23.1 Å². The molecule has 4 rings (SSSR count). The van der Waals surface area contributed by atoms with Gasteiger partial charge in [-0.15, -0.1) is 0 Å². The zero-order valence-electron chi connectivity index (χ0n) is 25.2. The molecule has 0 bridgehead atoms. The summed E-state index contributed by atoms with van der Waals surface area (Å²) in [5.41, 5.74) is 3.29. The normalized spacial score (nSPS) is 14.2. The summed E-state index contributed by atoms with van der Waals surface area (Å²) in [4.78, 5) is 46.8. The van der Waals surface area contributed by atoms with Gasteiger partial charge in [0.1, 0.15) is 5.75 Å². The number of aromatic nitrogens is 1. The van der Waals surface area contributed by atoms with Gasteiger partial charge in [-0.1, -0.05) is 56.0 Å². The molecule has 8 nitrogen and oxygen atoms in total. The summed E-state index contributed by atoms with van der Waals surface area (Å²) < 4.78 is 6.45. The van der Waals surface area contributed by atoms with E-state index in [1.54, 1.807) is 30.0 Å². The second kappa shape index (κ2) is 14.2. The molecule has 1 unspecified atom stereocenters. The Bertz CT molecular complexity index is 1410.